The molecule has 3 N–H and O–H groups in total. The first-order valence-electron chi connectivity index (χ1n) is 6.41. The Hall–Kier alpha value is -1.67. The Balaban J connectivity index is 4.03. The first-order valence-corrected chi connectivity index (χ1v) is 6.41. The van der Waals surface area contributed by atoms with Gasteiger partial charge in [-0.3, -0.25) is 19.3 Å². The summed E-state index contributed by atoms with van der Waals surface area (Å²) in [5, 5.41) is 14.0. The van der Waals surface area contributed by atoms with Crippen LogP contribution in [0.2, 0.25) is 0 Å². The zero-order valence-electron chi connectivity index (χ0n) is 12.3. The van der Waals surface area contributed by atoms with Crippen LogP contribution in [-0.4, -0.2) is 86.1 Å². The molecule has 0 aromatic carbocycles. The molecule has 0 spiro atoms. The second-order valence-corrected chi connectivity index (χ2v) is 4.74. The number of nitrogens with zero attached hydrogens (tertiary/aromatic N) is 2. The van der Waals surface area contributed by atoms with Crippen LogP contribution in [0.3, 0.4) is 0 Å². The quantitative estimate of drug-likeness (QED) is 0.409. The van der Waals surface area contributed by atoms with E-state index in [9.17, 15) is 14.4 Å². The van der Waals surface area contributed by atoms with Crippen LogP contribution in [0, 0.1) is 0 Å². The van der Waals surface area contributed by atoms with E-state index in [-0.39, 0.29) is 24.9 Å². The van der Waals surface area contributed by atoms with E-state index in [1.165, 1.54) is 6.92 Å². The average molecular weight is 288 g/mol. The Labute approximate surface area is 119 Å². The molecule has 8 nitrogen and oxygen atoms in total. The molecule has 0 heterocycles. The third-order valence-corrected chi connectivity index (χ3v) is 2.41. The standard InChI is InChI=1S/C12H24N4O4/c1-10(17)13-4-5-14-11(18)8-16(9-12(19)20)7-6-15(2)3/h4-9H2,1-3H3,(H,13,17)(H,14,18)(H,19,20). The molecule has 0 aromatic rings. The van der Waals surface area contributed by atoms with E-state index in [4.69, 9.17) is 5.11 Å². The van der Waals surface area contributed by atoms with Gasteiger partial charge in [-0.1, -0.05) is 0 Å². The van der Waals surface area contributed by atoms with Gasteiger partial charge >= 0.3 is 5.97 Å². The zero-order valence-corrected chi connectivity index (χ0v) is 12.3. The molecule has 0 bridgehead atoms. The second-order valence-electron chi connectivity index (χ2n) is 4.74. The Morgan fingerprint density at radius 2 is 1.60 bits per heavy atom. The molecule has 0 rings (SSSR count). The molecular weight excluding hydrogens is 264 g/mol. The number of carboxylic acids is 1. The Morgan fingerprint density at radius 1 is 1.00 bits per heavy atom. The van der Waals surface area contributed by atoms with Gasteiger partial charge in [-0.15, -0.1) is 0 Å². The summed E-state index contributed by atoms with van der Waals surface area (Å²) < 4.78 is 0. The number of aliphatic carboxylic acids is 1. The van der Waals surface area contributed by atoms with Crippen molar-refractivity contribution in [2.75, 3.05) is 53.4 Å². The molecule has 8 heteroatoms. The van der Waals surface area contributed by atoms with Crippen LogP contribution >= 0.6 is 0 Å². The summed E-state index contributed by atoms with van der Waals surface area (Å²) in [5.74, 6) is -1.37. The number of nitrogens with one attached hydrogen (secondary N) is 2. The lowest BCUT2D eigenvalue weighted by molar-refractivity contribution is -0.138. The van der Waals surface area contributed by atoms with Crippen molar-refractivity contribution in [2.24, 2.45) is 0 Å². The molecule has 116 valence electrons. The van der Waals surface area contributed by atoms with Crippen LogP contribution in [0.1, 0.15) is 6.92 Å². The minimum Gasteiger partial charge on any atom is -0.480 e. The van der Waals surface area contributed by atoms with Crippen molar-refractivity contribution in [1.29, 1.82) is 0 Å². The predicted octanol–water partition coefficient (Wildman–Crippen LogP) is -1.81. The lowest BCUT2D eigenvalue weighted by atomic mass is 10.4. The minimum absolute atomic E-state index is 0.0280. The van der Waals surface area contributed by atoms with Gasteiger partial charge in [0, 0.05) is 33.1 Å². The summed E-state index contributed by atoms with van der Waals surface area (Å²) in [6.07, 6.45) is 0. The minimum atomic E-state index is -0.963. The Bertz CT molecular complexity index is 333. The highest BCUT2D eigenvalue weighted by atomic mass is 16.4. The number of likely N-dealkylation sites (N-methyl/N-ethyl adjacent to an activating group) is 1. The number of hydrogen-bond donors (Lipinski definition) is 3. The maximum absolute atomic E-state index is 11.7. The zero-order chi connectivity index (χ0) is 15.5. The topological polar surface area (TPSA) is 102 Å². The highest BCUT2D eigenvalue weighted by molar-refractivity contribution is 5.79. The number of carbonyl (C=O) groups excluding carboxylic acids is 2. The maximum Gasteiger partial charge on any atom is 0.317 e. The van der Waals surface area contributed by atoms with Gasteiger partial charge in [-0.25, -0.2) is 0 Å². The largest absolute Gasteiger partial charge is 0.480 e. The number of amides is 2. The number of carboxylic acid groups (broad SMARTS) is 1. The summed E-state index contributed by atoms with van der Waals surface area (Å²) >= 11 is 0. The molecule has 2 amide bonds. The molecule has 0 aliphatic carbocycles. The lowest BCUT2D eigenvalue weighted by Crippen LogP contribution is -2.44. The molecule has 0 saturated heterocycles. The highest BCUT2D eigenvalue weighted by Gasteiger charge is 2.13. The van der Waals surface area contributed by atoms with Gasteiger partial charge in [0.1, 0.15) is 0 Å². The van der Waals surface area contributed by atoms with E-state index in [0.29, 0.717) is 26.2 Å². The number of hydrogen-bond acceptors (Lipinski definition) is 5. The van der Waals surface area contributed by atoms with E-state index in [1.54, 1.807) is 4.90 Å². The fourth-order valence-corrected chi connectivity index (χ4v) is 1.45. The molecule has 0 aliphatic heterocycles. The van der Waals surface area contributed by atoms with E-state index >= 15 is 0 Å². The molecule has 0 fully saturated rings. The van der Waals surface area contributed by atoms with Gasteiger partial charge < -0.3 is 20.6 Å². The van der Waals surface area contributed by atoms with Crippen LogP contribution in [-0.2, 0) is 14.4 Å². The van der Waals surface area contributed by atoms with E-state index in [0.717, 1.165) is 0 Å². The highest BCUT2D eigenvalue weighted by Crippen LogP contribution is 1.89. The van der Waals surface area contributed by atoms with Crippen molar-refractivity contribution < 1.29 is 19.5 Å². The molecular formula is C12H24N4O4. The smallest absolute Gasteiger partial charge is 0.317 e. The van der Waals surface area contributed by atoms with Crippen molar-refractivity contribution >= 4 is 17.8 Å². The lowest BCUT2D eigenvalue weighted by Gasteiger charge is -2.21. The van der Waals surface area contributed by atoms with Crippen molar-refractivity contribution in [3.63, 3.8) is 0 Å². The maximum atomic E-state index is 11.7. The van der Waals surface area contributed by atoms with Gasteiger partial charge in [0.25, 0.3) is 0 Å². The fraction of sp³-hybridized carbons (Fsp3) is 0.750. The van der Waals surface area contributed by atoms with Crippen LogP contribution in [0.15, 0.2) is 0 Å². The van der Waals surface area contributed by atoms with Crippen LogP contribution in [0.4, 0.5) is 0 Å². The monoisotopic (exact) mass is 288 g/mol. The molecule has 0 unspecified atom stereocenters. The van der Waals surface area contributed by atoms with E-state index in [1.807, 2.05) is 19.0 Å². The summed E-state index contributed by atoms with van der Waals surface area (Å²) in [5.41, 5.74) is 0. The third kappa shape index (κ3) is 11.4. The Kier molecular flexibility index (Phi) is 9.31. The van der Waals surface area contributed by atoms with Gasteiger partial charge in [-0.2, -0.15) is 0 Å². The molecule has 0 aromatic heterocycles. The van der Waals surface area contributed by atoms with Crippen LogP contribution in [0.5, 0.6) is 0 Å². The summed E-state index contributed by atoms with van der Waals surface area (Å²) in [4.78, 5) is 36.5. The Morgan fingerprint density at radius 3 is 2.10 bits per heavy atom. The fourth-order valence-electron chi connectivity index (χ4n) is 1.45. The number of rotatable bonds is 10. The molecule has 20 heavy (non-hydrogen) atoms. The molecule has 0 atom stereocenters. The first kappa shape index (κ1) is 18.3. The summed E-state index contributed by atoms with van der Waals surface area (Å²) in [6, 6.07) is 0. The normalized spacial score (nSPS) is 10.7. The van der Waals surface area contributed by atoms with Gasteiger partial charge in [0.2, 0.25) is 11.8 Å². The van der Waals surface area contributed by atoms with Crippen molar-refractivity contribution in [2.45, 2.75) is 6.92 Å². The molecule has 0 aliphatic rings. The number of carbonyl (C=O) groups is 3. The first-order chi connectivity index (χ1) is 9.31. The second kappa shape index (κ2) is 10.2. The van der Waals surface area contributed by atoms with Crippen molar-refractivity contribution in [3.8, 4) is 0 Å². The van der Waals surface area contributed by atoms with Gasteiger partial charge in [-0.05, 0) is 14.1 Å². The summed E-state index contributed by atoms with van der Waals surface area (Å²) in [6.45, 7) is 3.11. The van der Waals surface area contributed by atoms with Crippen LogP contribution in [0.25, 0.3) is 0 Å². The van der Waals surface area contributed by atoms with Gasteiger partial charge in [0.05, 0.1) is 13.1 Å². The SMILES string of the molecule is CC(=O)NCCNC(=O)CN(CCN(C)C)CC(=O)O. The summed E-state index contributed by atoms with van der Waals surface area (Å²) in [7, 11) is 3.76. The van der Waals surface area contributed by atoms with E-state index in [2.05, 4.69) is 10.6 Å². The molecule has 0 saturated carbocycles. The van der Waals surface area contributed by atoms with Crippen molar-refractivity contribution in [1.82, 2.24) is 20.4 Å². The van der Waals surface area contributed by atoms with E-state index < -0.39 is 5.97 Å². The van der Waals surface area contributed by atoms with Crippen LogP contribution < -0.4 is 10.6 Å². The molecule has 0 radical (unpaired) electrons. The van der Waals surface area contributed by atoms with Crippen molar-refractivity contribution in [3.05, 3.63) is 0 Å². The van der Waals surface area contributed by atoms with Gasteiger partial charge in [0.15, 0.2) is 0 Å². The average Bonchev–Trinajstić information content (AvgIpc) is 2.30. The third-order valence-electron chi connectivity index (χ3n) is 2.41. The predicted molar refractivity (Wildman–Crippen MR) is 74.3 cm³/mol.